The topological polar surface area (TPSA) is 67.0 Å². The Bertz CT molecular complexity index is 531. The van der Waals surface area contributed by atoms with Gasteiger partial charge in [-0.05, 0) is 18.8 Å². The molecule has 0 amide bonds. The molecular formula is C17H30IN5OS. The maximum absolute atomic E-state index is 6.25. The molecule has 3 heterocycles. The standard InChI is InChI=1S/C17H29N5OS.HI/c1-13(2)15-14(4-3-10-23-15)12-20-16(18)21-6-8-22(9-7-21)17-19-5-11-24-17;/h5,11,13-15H,3-4,6-10,12H2,1-2H3,(H2,18,20);1H. The number of thiazole rings is 1. The van der Waals surface area contributed by atoms with Crippen molar-refractivity contribution in [2.45, 2.75) is 32.8 Å². The second-order valence-electron chi connectivity index (χ2n) is 6.97. The van der Waals surface area contributed by atoms with Crippen LogP contribution in [-0.4, -0.2) is 61.3 Å². The molecule has 0 radical (unpaired) electrons. The second-order valence-corrected chi connectivity index (χ2v) is 7.84. The molecule has 2 aliphatic heterocycles. The fourth-order valence-corrected chi connectivity index (χ4v) is 4.30. The first kappa shape index (κ1) is 20.7. The Hall–Kier alpha value is -0.610. The third-order valence-electron chi connectivity index (χ3n) is 4.93. The molecule has 0 saturated carbocycles. The van der Waals surface area contributed by atoms with Crippen LogP contribution in [0.25, 0.3) is 0 Å². The average Bonchev–Trinajstić information content (AvgIpc) is 3.14. The average molecular weight is 479 g/mol. The number of aromatic nitrogens is 1. The van der Waals surface area contributed by atoms with E-state index in [9.17, 15) is 0 Å². The van der Waals surface area contributed by atoms with Crippen molar-refractivity contribution in [1.82, 2.24) is 9.88 Å². The second kappa shape index (κ2) is 9.91. The van der Waals surface area contributed by atoms with Crippen molar-refractivity contribution in [2.24, 2.45) is 22.6 Å². The number of nitrogens with zero attached hydrogens (tertiary/aromatic N) is 4. The summed E-state index contributed by atoms with van der Waals surface area (Å²) in [5, 5.41) is 3.12. The molecule has 0 bridgehead atoms. The molecule has 1 aromatic heterocycles. The van der Waals surface area contributed by atoms with E-state index in [1.165, 1.54) is 6.42 Å². The van der Waals surface area contributed by atoms with Crippen LogP contribution in [0.5, 0.6) is 0 Å². The summed E-state index contributed by atoms with van der Waals surface area (Å²) < 4.78 is 5.95. The smallest absolute Gasteiger partial charge is 0.191 e. The zero-order valence-electron chi connectivity index (χ0n) is 15.1. The Kier molecular flexibility index (Phi) is 8.21. The molecule has 2 fully saturated rings. The molecule has 2 unspecified atom stereocenters. The number of hydrogen-bond donors (Lipinski definition) is 1. The molecule has 6 nitrogen and oxygen atoms in total. The van der Waals surface area contributed by atoms with Gasteiger partial charge in [-0.2, -0.15) is 0 Å². The van der Waals surface area contributed by atoms with E-state index < -0.39 is 0 Å². The van der Waals surface area contributed by atoms with Gasteiger partial charge >= 0.3 is 0 Å². The van der Waals surface area contributed by atoms with Crippen molar-refractivity contribution >= 4 is 46.4 Å². The number of aliphatic imine (C=N–C) groups is 1. The van der Waals surface area contributed by atoms with Crippen LogP contribution in [0.2, 0.25) is 0 Å². The highest BCUT2D eigenvalue weighted by Crippen LogP contribution is 2.26. The highest BCUT2D eigenvalue weighted by molar-refractivity contribution is 14.0. The van der Waals surface area contributed by atoms with Gasteiger partial charge < -0.3 is 20.3 Å². The van der Waals surface area contributed by atoms with Gasteiger partial charge in [0.05, 0.1) is 6.10 Å². The number of guanidine groups is 1. The number of piperazine rings is 1. The zero-order chi connectivity index (χ0) is 16.9. The molecule has 0 aromatic carbocycles. The largest absolute Gasteiger partial charge is 0.378 e. The first-order valence-corrected chi connectivity index (χ1v) is 9.84. The summed E-state index contributed by atoms with van der Waals surface area (Å²) in [4.78, 5) is 13.6. The quantitative estimate of drug-likeness (QED) is 0.409. The van der Waals surface area contributed by atoms with Gasteiger partial charge in [0.1, 0.15) is 0 Å². The number of anilines is 1. The first-order chi connectivity index (χ1) is 11.6. The highest BCUT2D eigenvalue weighted by atomic mass is 127. The van der Waals surface area contributed by atoms with Crippen LogP contribution in [0, 0.1) is 11.8 Å². The van der Waals surface area contributed by atoms with Crippen LogP contribution < -0.4 is 10.6 Å². The summed E-state index contributed by atoms with van der Waals surface area (Å²) >= 11 is 1.69. The Morgan fingerprint density at radius 3 is 2.80 bits per heavy atom. The Labute approximate surface area is 171 Å². The van der Waals surface area contributed by atoms with Crippen LogP contribution in [0.3, 0.4) is 0 Å². The van der Waals surface area contributed by atoms with E-state index in [-0.39, 0.29) is 24.0 Å². The van der Waals surface area contributed by atoms with Crippen molar-refractivity contribution in [1.29, 1.82) is 0 Å². The molecule has 2 atom stereocenters. The number of rotatable bonds is 4. The molecule has 2 saturated heterocycles. The third kappa shape index (κ3) is 5.43. The molecule has 25 heavy (non-hydrogen) atoms. The van der Waals surface area contributed by atoms with E-state index in [0.29, 0.717) is 23.9 Å². The summed E-state index contributed by atoms with van der Waals surface area (Å²) in [5.41, 5.74) is 6.25. The minimum Gasteiger partial charge on any atom is -0.378 e. The van der Waals surface area contributed by atoms with E-state index in [1.54, 1.807) is 11.3 Å². The lowest BCUT2D eigenvalue weighted by molar-refractivity contribution is -0.0491. The number of halogens is 1. The number of hydrogen-bond acceptors (Lipinski definition) is 5. The van der Waals surface area contributed by atoms with Crippen molar-refractivity contribution in [3.8, 4) is 0 Å². The van der Waals surface area contributed by atoms with Crippen LogP contribution in [0.1, 0.15) is 26.7 Å². The molecule has 0 aliphatic carbocycles. The number of nitrogens with two attached hydrogens (primary N) is 1. The summed E-state index contributed by atoms with van der Waals surface area (Å²) in [6, 6.07) is 0. The predicted molar refractivity (Wildman–Crippen MR) is 115 cm³/mol. The summed E-state index contributed by atoms with van der Waals surface area (Å²) in [5.74, 6) is 1.71. The fourth-order valence-electron chi connectivity index (χ4n) is 3.61. The van der Waals surface area contributed by atoms with E-state index in [1.807, 2.05) is 11.6 Å². The van der Waals surface area contributed by atoms with E-state index in [2.05, 4.69) is 28.6 Å². The molecular weight excluding hydrogens is 449 g/mol. The minimum absolute atomic E-state index is 0. The molecule has 1 aromatic rings. The highest BCUT2D eigenvalue weighted by Gasteiger charge is 2.28. The maximum atomic E-state index is 6.25. The lowest BCUT2D eigenvalue weighted by Crippen LogP contribution is -2.51. The molecule has 0 spiro atoms. The van der Waals surface area contributed by atoms with E-state index in [4.69, 9.17) is 15.5 Å². The fraction of sp³-hybridized carbons (Fsp3) is 0.765. The summed E-state index contributed by atoms with van der Waals surface area (Å²) in [6.07, 6.45) is 4.50. The number of ether oxygens (including phenoxy) is 1. The normalized spacial score (nSPS) is 25.2. The Morgan fingerprint density at radius 1 is 1.40 bits per heavy atom. The monoisotopic (exact) mass is 479 g/mol. The SMILES string of the molecule is CC(C)C1OCCCC1CN=C(N)N1CCN(c2nccs2)CC1.I. The van der Waals surface area contributed by atoms with Crippen LogP contribution in [0.15, 0.2) is 16.6 Å². The van der Waals surface area contributed by atoms with Gasteiger partial charge in [0.25, 0.3) is 0 Å². The molecule has 8 heteroatoms. The summed E-state index contributed by atoms with van der Waals surface area (Å²) in [7, 11) is 0. The van der Waals surface area contributed by atoms with E-state index >= 15 is 0 Å². The van der Waals surface area contributed by atoms with Gasteiger partial charge in [-0.25, -0.2) is 4.98 Å². The van der Waals surface area contributed by atoms with Crippen LogP contribution >= 0.6 is 35.3 Å². The van der Waals surface area contributed by atoms with Gasteiger partial charge in [-0.3, -0.25) is 4.99 Å². The lowest BCUT2D eigenvalue weighted by Gasteiger charge is -2.36. The third-order valence-corrected chi connectivity index (χ3v) is 5.76. The molecule has 2 aliphatic rings. The first-order valence-electron chi connectivity index (χ1n) is 8.96. The predicted octanol–water partition coefficient (Wildman–Crippen LogP) is 2.65. The van der Waals surface area contributed by atoms with E-state index in [0.717, 1.165) is 50.9 Å². The Balaban J connectivity index is 0.00000225. The van der Waals surface area contributed by atoms with Gasteiger partial charge in [-0.15, -0.1) is 35.3 Å². The summed E-state index contributed by atoms with van der Waals surface area (Å²) in [6.45, 7) is 9.84. The van der Waals surface area contributed by atoms with Gasteiger partial charge in [0.15, 0.2) is 11.1 Å². The minimum atomic E-state index is 0. The zero-order valence-corrected chi connectivity index (χ0v) is 18.3. The lowest BCUT2D eigenvalue weighted by atomic mass is 9.87. The molecule has 142 valence electrons. The Morgan fingerprint density at radius 2 is 2.16 bits per heavy atom. The molecule has 2 N–H and O–H groups in total. The molecule has 3 rings (SSSR count). The van der Waals surface area contributed by atoms with Crippen molar-refractivity contribution in [3.05, 3.63) is 11.6 Å². The van der Waals surface area contributed by atoms with Crippen LogP contribution in [-0.2, 0) is 4.74 Å². The van der Waals surface area contributed by atoms with Gasteiger partial charge in [0.2, 0.25) is 0 Å². The maximum Gasteiger partial charge on any atom is 0.191 e. The van der Waals surface area contributed by atoms with Crippen molar-refractivity contribution in [3.63, 3.8) is 0 Å². The van der Waals surface area contributed by atoms with Crippen molar-refractivity contribution < 1.29 is 4.74 Å². The van der Waals surface area contributed by atoms with Gasteiger partial charge in [0, 0.05) is 56.8 Å². The van der Waals surface area contributed by atoms with Gasteiger partial charge in [-0.1, -0.05) is 13.8 Å². The van der Waals surface area contributed by atoms with Crippen LogP contribution in [0.4, 0.5) is 5.13 Å². The van der Waals surface area contributed by atoms with Crippen molar-refractivity contribution in [2.75, 3.05) is 44.2 Å².